The van der Waals surface area contributed by atoms with Crippen molar-refractivity contribution in [2.24, 2.45) is 5.73 Å². The van der Waals surface area contributed by atoms with Gasteiger partial charge in [0.2, 0.25) is 0 Å². The first-order valence-electron chi connectivity index (χ1n) is 5.52. The molecule has 4 nitrogen and oxygen atoms in total. The van der Waals surface area contributed by atoms with Crippen molar-refractivity contribution >= 4 is 5.91 Å². The fraction of sp³-hybridized carbons (Fsp3) is 0.500. The molecule has 1 rings (SSSR count). The Kier molecular flexibility index (Phi) is 4.43. The molecule has 0 fully saturated rings. The second kappa shape index (κ2) is 5.61. The van der Waals surface area contributed by atoms with Gasteiger partial charge in [0.1, 0.15) is 5.69 Å². The van der Waals surface area contributed by atoms with E-state index >= 15 is 0 Å². The van der Waals surface area contributed by atoms with Crippen molar-refractivity contribution in [3.8, 4) is 0 Å². The number of nitrogens with two attached hydrogens (primary N) is 1. The van der Waals surface area contributed by atoms with Crippen molar-refractivity contribution in [1.82, 2.24) is 9.88 Å². The molecule has 0 bridgehead atoms. The number of hydrogen-bond acceptors (Lipinski definition) is 3. The van der Waals surface area contributed by atoms with Crippen LogP contribution in [0.2, 0.25) is 0 Å². The topological polar surface area (TPSA) is 59.2 Å². The molecule has 0 aliphatic heterocycles. The Bertz CT molecular complexity index is 348. The summed E-state index contributed by atoms with van der Waals surface area (Å²) >= 11 is 0. The largest absolute Gasteiger partial charge is 0.338 e. The van der Waals surface area contributed by atoms with E-state index in [0.29, 0.717) is 12.2 Å². The maximum absolute atomic E-state index is 12.0. The molecule has 16 heavy (non-hydrogen) atoms. The molecule has 0 radical (unpaired) electrons. The molecule has 1 unspecified atom stereocenters. The van der Waals surface area contributed by atoms with E-state index in [9.17, 15) is 4.79 Å². The lowest BCUT2D eigenvalue weighted by molar-refractivity contribution is 0.0734. The highest BCUT2D eigenvalue weighted by molar-refractivity contribution is 5.92. The summed E-state index contributed by atoms with van der Waals surface area (Å²) in [6.07, 6.45) is 2.58. The van der Waals surface area contributed by atoms with Crippen LogP contribution in [0.25, 0.3) is 0 Å². The molecule has 88 valence electrons. The van der Waals surface area contributed by atoms with E-state index in [1.165, 1.54) is 0 Å². The molecule has 1 atom stereocenters. The van der Waals surface area contributed by atoms with Gasteiger partial charge in [0.25, 0.3) is 5.91 Å². The predicted molar refractivity (Wildman–Crippen MR) is 64.0 cm³/mol. The van der Waals surface area contributed by atoms with Crippen LogP contribution in [0.15, 0.2) is 18.3 Å². The van der Waals surface area contributed by atoms with E-state index in [0.717, 1.165) is 12.0 Å². The molecule has 4 heteroatoms. The number of rotatable bonds is 4. The summed E-state index contributed by atoms with van der Waals surface area (Å²) in [5.74, 6) is -0.0436. The van der Waals surface area contributed by atoms with E-state index in [1.54, 1.807) is 24.2 Å². The number of nitrogens with zero attached hydrogens (tertiary/aromatic N) is 2. The van der Waals surface area contributed by atoms with Crippen LogP contribution in [0.4, 0.5) is 0 Å². The van der Waals surface area contributed by atoms with Gasteiger partial charge in [-0.2, -0.15) is 0 Å². The highest BCUT2D eigenvalue weighted by Gasteiger charge is 2.16. The highest BCUT2D eigenvalue weighted by Crippen LogP contribution is 2.07. The van der Waals surface area contributed by atoms with Gasteiger partial charge < -0.3 is 10.6 Å². The summed E-state index contributed by atoms with van der Waals surface area (Å²) in [6.45, 7) is 4.52. The monoisotopic (exact) mass is 221 g/mol. The van der Waals surface area contributed by atoms with E-state index in [-0.39, 0.29) is 11.9 Å². The number of hydrogen-bond donors (Lipinski definition) is 1. The van der Waals surface area contributed by atoms with Crippen LogP contribution >= 0.6 is 0 Å². The fourth-order valence-electron chi connectivity index (χ4n) is 1.33. The van der Waals surface area contributed by atoms with Crippen LogP contribution in [-0.4, -0.2) is 28.9 Å². The van der Waals surface area contributed by atoms with Gasteiger partial charge in [0, 0.05) is 25.8 Å². The molecular formula is C12H19N3O. The normalized spacial score (nSPS) is 12.2. The van der Waals surface area contributed by atoms with Gasteiger partial charge in [-0.05, 0) is 25.0 Å². The molecule has 0 aromatic carbocycles. The molecule has 0 aliphatic carbocycles. The lowest BCUT2D eigenvalue weighted by Crippen LogP contribution is -2.35. The summed E-state index contributed by atoms with van der Waals surface area (Å²) in [5.41, 5.74) is 6.88. The van der Waals surface area contributed by atoms with Crippen molar-refractivity contribution < 1.29 is 4.79 Å². The molecule has 1 aromatic rings. The van der Waals surface area contributed by atoms with Crippen LogP contribution in [0.1, 0.15) is 36.3 Å². The van der Waals surface area contributed by atoms with Crippen molar-refractivity contribution in [3.63, 3.8) is 0 Å². The minimum Gasteiger partial charge on any atom is -0.338 e. The Hall–Kier alpha value is -1.42. The Morgan fingerprint density at radius 2 is 2.25 bits per heavy atom. The molecule has 2 N–H and O–H groups in total. The summed E-state index contributed by atoms with van der Waals surface area (Å²) in [5, 5.41) is 0. The van der Waals surface area contributed by atoms with Gasteiger partial charge in [0.05, 0.1) is 0 Å². The second-order valence-electron chi connectivity index (χ2n) is 3.93. The third-order valence-electron chi connectivity index (χ3n) is 2.85. The van der Waals surface area contributed by atoms with Crippen LogP contribution in [0.3, 0.4) is 0 Å². The average Bonchev–Trinajstić information content (AvgIpc) is 2.36. The SMILES string of the molecule is CCC(C)N(C)C(=O)c1ccc(CN)cn1. The van der Waals surface area contributed by atoms with Crippen molar-refractivity contribution in [3.05, 3.63) is 29.6 Å². The predicted octanol–water partition coefficient (Wildman–Crippen LogP) is 1.41. The smallest absolute Gasteiger partial charge is 0.272 e. The van der Waals surface area contributed by atoms with Gasteiger partial charge >= 0.3 is 0 Å². The van der Waals surface area contributed by atoms with Gasteiger partial charge in [0.15, 0.2) is 0 Å². The Morgan fingerprint density at radius 1 is 1.56 bits per heavy atom. The molecule has 0 saturated heterocycles. The lowest BCUT2D eigenvalue weighted by Gasteiger charge is -2.23. The summed E-state index contributed by atoms with van der Waals surface area (Å²) in [7, 11) is 1.80. The summed E-state index contributed by atoms with van der Waals surface area (Å²) in [6, 6.07) is 3.79. The van der Waals surface area contributed by atoms with Crippen molar-refractivity contribution in [2.75, 3.05) is 7.05 Å². The third-order valence-corrected chi connectivity index (χ3v) is 2.85. The average molecular weight is 221 g/mol. The molecule has 1 amide bonds. The first kappa shape index (κ1) is 12.6. The molecule has 0 saturated carbocycles. The zero-order valence-electron chi connectivity index (χ0n) is 10.1. The van der Waals surface area contributed by atoms with Gasteiger partial charge in [-0.1, -0.05) is 13.0 Å². The zero-order chi connectivity index (χ0) is 12.1. The number of pyridine rings is 1. The number of amides is 1. The van der Waals surface area contributed by atoms with E-state index in [2.05, 4.69) is 11.9 Å². The summed E-state index contributed by atoms with van der Waals surface area (Å²) in [4.78, 5) is 17.8. The molecule has 1 heterocycles. The Balaban J connectivity index is 2.80. The second-order valence-corrected chi connectivity index (χ2v) is 3.93. The van der Waals surface area contributed by atoms with E-state index in [1.807, 2.05) is 13.0 Å². The first-order valence-corrected chi connectivity index (χ1v) is 5.52. The number of aromatic nitrogens is 1. The zero-order valence-corrected chi connectivity index (χ0v) is 10.1. The minimum absolute atomic E-state index is 0.0436. The number of carbonyl (C=O) groups excluding carboxylic acids is 1. The van der Waals surface area contributed by atoms with Gasteiger partial charge in [-0.25, -0.2) is 0 Å². The lowest BCUT2D eigenvalue weighted by atomic mass is 10.2. The van der Waals surface area contributed by atoms with E-state index in [4.69, 9.17) is 5.73 Å². The van der Waals surface area contributed by atoms with Crippen LogP contribution in [-0.2, 0) is 6.54 Å². The quantitative estimate of drug-likeness (QED) is 0.836. The first-order chi connectivity index (χ1) is 7.60. The molecule has 1 aromatic heterocycles. The highest BCUT2D eigenvalue weighted by atomic mass is 16.2. The molecular weight excluding hydrogens is 202 g/mol. The van der Waals surface area contributed by atoms with Crippen LogP contribution in [0.5, 0.6) is 0 Å². The van der Waals surface area contributed by atoms with Crippen molar-refractivity contribution in [2.45, 2.75) is 32.9 Å². The third kappa shape index (κ3) is 2.79. The van der Waals surface area contributed by atoms with Crippen LogP contribution < -0.4 is 5.73 Å². The van der Waals surface area contributed by atoms with Gasteiger partial charge in [-0.3, -0.25) is 9.78 Å². The van der Waals surface area contributed by atoms with E-state index < -0.39 is 0 Å². The maximum atomic E-state index is 12.0. The summed E-state index contributed by atoms with van der Waals surface area (Å²) < 4.78 is 0. The van der Waals surface area contributed by atoms with Crippen LogP contribution in [0, 0.1) is 0 Å². The standard InChI is InChI=1S/C12H19N3O/c1-4-9(2)15(3)12(16)11-6-5-10(7-13)8-14-11/h5-6,8-9H,4,7,13H2,1-3H3. The number of carbonyl (C=O) groups is 1. The Morgan fingerprint density at radius 3 is 2.69 bits per heavy atom. The molecule has 0 aliphatic rings. The maximum Gasteiger partial charge on any atom is 0.272 e. The Labute approximate surface area is 96.5 Å². The van der Waals surface area contributed by atoms with Crippen molar-refractivity contribution in [1.29, 1.82) is 0 Å². The fourth-order valence-corrected chi connectivity index (χ4v) is 1.33. The molecule has 0 spiro atoms. The van der Waals surface area contributed by atoms with Gasteiger partial charge in [-0.15, -0.1) is 0 Å². The minimum atomic E-state index is -0.0436.